The zero-order valence-corrected chi connectivity index (χ0v) is 18.0. The largest absolute Gasteiger partial charge is 0.493 e. The summed E-state index contributed by atoms with van der Waals surface area (Å²) in [6.45, 7) is 10.3. The fourth-order valence-electron chi connectivity index (χ4n) is 2.61. The normalized spacial score (nSPS) is 10.2. The molecule has 0 amide bonds. The third-order valence-corrected chi connectivity index (χ3v) is 4.37. The van der Waals surface area contributed by atoms with E-state index in [1.165, 1.54) is 7.11 Å². The number of ether oxygens (including phenoxy) is 3. The van der Waals surface area contributed by atoms with Crippen LogP contribution in [0.1, 0.15) is 13.8 Å². The molecule has 0 aliphatic carbocycles. The first kappa shape index (κ1) is 22.4. The fraction of sp³-hybridized carbons (Fsp3) is 0.120. The van der Waals surface area contributed by atoms with Crippen molar-refractivity contribution in [1.29, 1.82) is 0 Å². The van der Waals surface area contributed by atoms with Crippen molar-refractivity contribution in [2.75, 3.05) is 7.11 Å². The summed E-state index contributed by atoms with van der Waals surface area (Å²) in [6.07, 6.45) is 3.39. The summed E-state index contributed by atoms with van der Waals surface area (Å²) in [5, 5.41) is 0. The number of esters is 2. The van der Waals surface area contributed by atoms with Crippen molar-refractivity contribution in [3.63, 3.8) is 0 Å². The number of rotatable bonds is 7. The first-order chi connectivity index (χ1) is 15.3. The summed E-state index contributed by atoms with van der Waals surface area (Å²) in [4.78, 5) is 32.2. The van der Waals surface area contributed by atoms with E-state index < -0.39 is 11.9 Å². The minimum Gasteiger partial charge on any atom is -0.493 e. The third-order valence-electron chi connectivity index (χ3n) is 4.37. The molecule has 7 nitrogen and oxygen atoms in total. The van der Waals surface area contributed by atoms with Gasteiger partial charge in [0.2, 0.25) is 0 Å². The average Bonchev–Trinajstić information content (AvgIpc) is 2.79. The maximum absolute atomic E-state index is 11.8. The van der Waals surface area contributed by atoms with Gasteiger partial charge in [0.25, 0.3) is 0 Å². The Morgan fingerprint density at radius 3 is 1.88 bits per heavy atom. The second-order valence-electron chi connectivity index (χ2n) is 7.03. The van der Waals surface area contributed by atoms with Gasteiger partial charge in [-0.1, -0.05) is 25.3 Å². The van der Waals surface area contributed by atoms with Gasteiger partial charge < -0.3 is 14.2 Å². The SMILES string of the molecule is C=C(C)C(=O)Oc1ccc(-c2cnc(-c3ccc(OC(=O)C(=C)C)c(OC)c3)nc2)cc1. The first-order valence-electron chi connectivity index (χ1n) is 9.64. The molecule has 0 spiro atoms. The Labute approximate surface area is 186 Å². The average molecular weight is 430 g/mol. The van der Waals surface area contributed by atoms with Crippen LogP contribution in [0.25, 0.3) is 22.5 Å². The van der Waals surface area contributed by atoms with Crippen molar-refractivity contribution in [3.05, 3.63) is 79.2 Å². The summed E-state index contributed by atoms with van der Waals surface area (Å²) in [5.74, 6) is 0.576. The summed E-state index contributed by atoms with van der Waals surface area (Å²) < 4.78 is 15.8. The smallest absolute Gasteiger partial charge is 0.338 e. The van der Waals surface area contributed by atoms with Crippen LogP contribution in [-0.4, -0.2) is 29.0 Å². The van der Waals surface area contributed by atoms with Gasteiger partial charge in [-0.05, 0) is 49.7 Å². The molecule has 0 unspecified atom stereocenters. The Bertz CT molecular complexity index is 1180. The zero-order valence-electron chi connectivity index (χ0n) is 18.0. The molecular formula is C25H22N2O5. The number of carbonyl (C=O) groups is 2. The molecule has 0 fully saturated rings. The highest BCUT2D eigenvalue weighted by molar-refractivity contribution is 5.89. The number of methoxy groups -OCH3 is 1. The van der Waals surface area contributed by atoms with Crippen LogP contribution in [0.4, 0.5) is 0 Å². The van der Waals surface area contributed by atoms with Gasteiger partial charge in [0.05, 0.1) is 7.11 Å². The molecule has 32 heavy (non-hydrogen) atoms. The second kappa shape index (κ2) is 9.70. The molecule has 2 aromatic carbocycles. The predicted octanol–water partition coefficient (Wildman–Crippen LogP) is 4.78. The summed E-state index contributed by atoms with van der Waals surface area (Å²) in [5.41, 5.74) is 2.98. The van der Waals surface area contributed by atoms with E-state index in [1.54, 1.807) is 56.6 Å². The van der Waals surface area contributed by atoms with Gasteiger partial charge >= 0.3 is 11.9 Å². The Morgan fingerprint density at radius 1 is 0.750 bits per heavy atom. The molecule has 0 radical (unpaired) electrons. The van der Waals surface area contributed by atoms with Gasteiger partial charge in [0.1, 0.15) is 5.75 Å². The number of benzene rings is 2. The topological polar surface area (TPSA) is 87.6 Å². The van der Waals surface area contributed by atoms with E-state index in [-0.39, 0.29) is 11.3 Å². The Balaban J connectivity index is 1.78. The van der Waals surface area contributed by atoms with E-state index in [1.807, 2.05) is 12.1 Å². The van der Waals surface area contributed by atoms with Gasteiger partial charge in [-0.25, -0.2) is 19.6 Å². The van der Waals surface area contributed by atoms with Gasteiger partial charge in [0.15, 0.2) is 17.3 Å². The number of aromatic nitrogens is 2. The highest BCUT2D eigenvalue weighted by Gasteiger charge is 2.13. The maximum atomic E-state index is 11.8. The maximum Gasteiger partial charge on any atom is 0.338 e. The number of carbonyl (C=O) groups excluding carboxylic acids is 2. The fourth-order valence-corrected chi connectivity index (χ4v) is 2.61. The third kappa shape index (κ3) is 5.26. The van der Waals surface area contributed by atoms with Crippen molar-refractivity contribution >= 4 is 11.9 Å². The molecule has 0 N–H and O–H groups in total. The molecule has 1 aromatic heterocycles. The van der Waals surface area contributed by atoms with Crippen molar-refractivity contribution in [1.82, 2.24) is 9.97 Å². The molecule has 0 atom stereocenters. The summed E-state index contributed by atoms with van der Waals surface area (Å²) in [6, 6.07) is 12.1. The van der Waals surface area contributed by atoms with Gasteiger partial charge in [0, 0.05) is 34.7 Å². The van der Waals surface area contributed by atoms with E-state index in [9.17, 15) is 9.59 Å². The second-order valence-corrected chi connectivity index (χ2v) is 7.03. The molecule has 3 aromatic rings. The molecule has 0 bridgehead atoms. The van der Waals surface area contributed by atoms with Crippen LogP contribution < -0.4 is 14.2 Å². The van der Waals surface area contributed by atoms with Crippen molar-refractivity contribution in [2.24, 2.45) is 0 Å². The molecule has 0 saturated carbocycles. The monoisotopic (exact) mass is 430 g/mol. The lowest BCUT2D eigenvalue weighted by Crippen LogP contribution is -2.09. The lowest BCUT2D eigenvalue weighted by atomic mass is 10.1. The molecule has 7 heteroatoms. The van der Waals surface area contributed by atoms with Crippen LogP contribution in [0.2, 0.25) is 0 Å². The predicted molar refractivity (Wildman–Crippen MR) is 120 cm³/mol. The first-order valence-corrected chi connectivity index (χ1v) is 9.64. The highest BCUT2D eigenvalue weighted by Crippen LogP contribution is 2.32. The van der Waals surface area contributed by atoms with E-state index >= 15 is 0 Å². The van der Waals surface area contributed by atoms with Gasteiger partial charge in [-0.2, -0.15) is 0 Å². The minimum absolute atomic E-state index is 0.285. The minimum atomic E-state index is -0.530. The zero-order chi connectivity index (χ0) is 23.3. The van der Waals surface area contributed by atoms with Crippen molar-refractivity contribution < 1.29 is 23.8 Å². The molecule has 3 rings (SSSR count). The standard InChI is InChI=1S/C25H22N2O5/c1-15(2)24(28)31-20-9-6-17(7-10-20)19-13-26-23(27-14-19)18-8-11-21(22(12-18)30-5)32-25(29)16(3)4/h6-14H,1,3H2,2,4-5H3. The molecular weight excluding hydrogens is 408 g/mol. The van der Waals surface area contributed by atoms with E-state index in [0.717, 1.165) is 11.1 Å². The van der Waals surface area contributed by atoms with Crippen LogP contribution in [0.5, 0.6) is 17.2 Å². The molecule has 0 aliphatic heterocycles. The summed E-state index contributed by atoms with van der Waals surface area (Å²) >= 11 is 0. The van der Waals surface area contributed by atoms with Gasteiger partial charge in [-0.3, -0.25) is 0 Å². The molecule has 0 aliphatic rings. The Kier molecular flexibility index (Phi) is 6.80. The number of nitrogens with zero attached hydrogens (tertiary/aromatic N) is 2. The van der Waals surface area contributed by atoms with Crippen molar-refractivity contribution in [2.45, 2.75) is 13.8 Å². The quantitative estimate of drug-likeness (QED) is 0.303. The van der Waals surface area contributed by atoms with Crippen LogP contribution in [0, 0.1) is 0 Å². The van der Waals surface area contributed by atoms with Crippen LogP contribution in [-0.2, 0) is 9.59 Å². The van der Waals surface area contributed by atoms with Gasteiger partial charge in [-0.15, -0.1) is 0 Å². The molecule has 162 valence electrons. The van der Waals surface area contributed by atoms with E-state index in [0.29, 0.717) is 28.5 Å². The number of hydrogen-bond acceptors (Lipinski definition) is 7. The molecule has 0 saturated heterocycles. The lowest BCUT2D eigenvalue weighted by Gasteiger charge is -2.11. The van der Waals surface area contributed by atoms with Crippen LogP contribution in [0.15, 0.2) is 79.2 Å². The molecule has 1 heterocycles. The van der Waals surface area contributed by atoms with Crippen LogP contribution >= 0.6 is 0 Å². The summed E-state index contributed by atoms with van der Waals surface area (Å²) in [7, 11) is 1.48. The number of hydrogen-bond donors (Lipinski definition) is 0. The lowest BCUT2D eigenvalue weighted by molar-refractivity contribution is -0.131. The Morgan fingerprint density at radius 2 is 1.31 bits per heavy atom. The van der Waals surface area contributed by atoms with Crippen molar-refractivity contribution in [3.8, 4) is 39.8 Å². The highest BCUT2D eigenvalue weighted by atomic mass is 16.6. The van der Waals surface area contributed by atoms with E-state index in [2.05, 4.69) is 23.1 Å². The Hall–Kier alpha value is -4.26. The van der Waals surface area contributed by atoms with E-state index in [4.69, 9.17) is 14.2 Å². The van der Waals surface area contributed by atoms with Crippen LogP contribution in [0.3, 0.4) is 0 Å².